The van der Waals surface area contributed by atoms with Crippen molar-refractivity contribution in [2.24, 2.45) is 5.92 Å². The van der Waals surface area contributed by atoms with Gasteiger partial charge < -0.3 is 15.0 Å². The topological polar surface area (TPSA) is 99.8 Å². The van der Waals surface area contributed by atoms with Gasteiger partial charge in [-0.25, -0.2) is 9.18 Å². The van der Waals surface area contributed by atoms with Crippen molar-refractivity contribution in [1.29, 1.82) is 0 Å². The summed E-state index contributed by atoms with van der Waals surface area (Å²) in [6.07, 6.45) is 1.30. The molecule has 1 atom stereocenters. The molecule has 30 heavy (non-hydrogen) atoms. The molecule has 2 aromatic rings. The summed E-state index contributed by atoms with van der Waals surface area (Å²) in [7, 11) is 0. The first-order valence-corrected chi connectivity index (χ1v) is 9.59. The summed E-state index contributed by atoms with van der Waals surface area (Å²) in [5.41, 5.74) is 5.34. The first-order chi connectivity index (χ1) is 14.5. The van der Waals surface area contributed by atoms with Gasteiger partial charge >= 0.3 is 6.03 Å². The van der Waals surface area contributed by atoms with E-state index in [1.807, 2.05) is 18.2 Å². The normalized spacial score (nSPS) is 15.8. The molecule has 1 saturated heterocycles. The van der Waals surface area contributed by atoms with Crippen molar-refractivity contribution < 1.29 is 23.5 Å². The minimum Gasteiger partial charge on any atom is -0.484 e. The molecule has 0 saturated carbocycles. The number of amides is 4. The summed E-state index contributed by atoms with van der Waals surface area (Å²) in [5.74, 6) is -1.42. The Bertz CT molecular complexity index is 876. The van der Waals surface area contributed by atoms with E-state index in [4.69, 9.17) is 4.74 Å². The van der Waals surface area contributed by atoms with E-state index in [-0.39, 0.29) is 25.1 Å². The van der Waals surface area contributed by atoms with E-state index >= 15 is 0 Å². The van der Waals surface area contributed by atoms with Crippen LogP contribution in [0.3, 0.4) is 0 Å². The van der Waals surface area contributed by atoms with Gasteiger partial charge in [-0.3, -0.25) is 20.4 Å². The maximum absolute atomic E-state index is 12.8. The number of rotatable bonds is 5. The van der Waals surface area contributed by atoms with Crippen LogP contribution in [0, 0.1) is 11.7 Å². The van der Waals surface area contributed by atoms with Gasteiger partial charge in [0.25, 0.3) is 5.91 Å². The third-order valence-corrected chi connectivity index (χ3v) is 4.61. The maximum atomic E-state index is 12.8. The number of nitrogens with one attached hydrogen (secondary N) is 3. The molecule has 3 N–H and O–H groups in total. The Labute approximate surface area is 173 Å². The molecule has 0 aromatic heterocycles. The maximum Gasteiger partial charge on any atom is 0.321 e. The number of carbonyl (C=O) groups excluding carboxylic acids is 3. The fourth-order valence-corrected chi connectivity index (χ4v) is 3.05. The fourth-order valence-electron chi connectivity index (χ4n) is 3.05. The van der Waals surface area contributed by atoms with Gasteiger partial charge in [-0.2, -0.15) is 0 Å². The van der Waals surface area contributed by atoms with Crippen molar-refractivity contribution in [3.63, 3.8) is 0 Å². The molecule has 4 amide bonds. The Morgan fingerprint density at radius 2 is 1.77 bits per heavy atom. The van der Waals surface area contributed by atoms with E-state index < -0.39 is 17.6 Å². The number of hydrogen-bond donors (Lipinski definition) is 3. The number of halogens is 1. The van der Waals surface area contributed by atoms with Crippen molar-refractivity contribution in [3.05, 3.63) is 60.4 Å². The number of carbonyl (C=O) groups is 3. The number of benzene rings is 2. The number of anilines is 1. The monoisotopic (exact) mass is 414 g/mol. The fraction of sp³-hybridized carbons (Fsp3) is 0.286. The summed E-state index contributed by atoms with van der Waals surface area (Å²) in [6.45, 7) is 0.481. The lowest BCUT2D eigenvalue weighted by Gasteiger charge is -2.32. The Morgan fingerprint density at radius 3 is 2.50 bits per heavy atom. The molecule has 1 fully saturated rings. The van der Waals surface area contributed by atoms with Crippen LogP contribution in [-0.4, -0.2) is 42.4 Å². The third-order valence-electron chi connectivity index (χ3n) is 4.61. The lowest BCUT2D eigenvalue weighted by Crippen LogP contribution is -2.51. The van der Waals surface area contributed by atoms with Crippen LogP contribution in [0.4, 0.5) is 14.9 Å². The second kappa shape index (κ2) is 10.2. The van der Waals surface area contributed by atoms with Crippen molar-refractivity contribution in [2.75, 3.05) is 25.0 Å². The van der Waals surface area contributed by atoms with Crippen LogP contribution in [0.2, 0.25) is 0 Å². The molecule has 0 bridgehead atoms. The number of hydrogen-bond acceptors (Lipinski definition) is 4. The summed E-state index contributed by atoms with van der Waals surface area (Å²) in [6, 6.07) is 14.1. The molecular weight excluding hydrogens is 391 g/mol. The van der Waals surface area contributed by atoms with Crippen molar-refractivity contribution in [3.8, 4) is 5.75 Å². The smallest absolute Gasteiger partial charge is 0.321 e. The van der Waals surface area contributed by atoms with E-state index in [0.29, 0.717) is 30.8 Å². The van der Waals surface area contributed by atoms with Crippen LogP contribution in [-0.2, 0) is 9.59 Å². The number of hydrazine groups is 1. The molecule has 0 spiro atoms. The summed E-state index contributed by atoms with van der Waals surface area (Å²) < 4.78 is 18.1. The molecule has 1 aliphatic heterocycles. The number of ether oxygens (including phenoxy) is 1. The lowest BCUT2D eigenvalue weighted by molar-refractivity contribution is -0.132. The SMILES string of the molecule is O=C(COc1ccc(F)cc1)NNC(=O)[C@H]1CCCN(C(=O)Nc2ccccc2)C1. The highest BCUT2D eigenvalue weighted by molar-refractivity contribution is 5.90. The zero-order chi connectivity index (χ0) is 21.3. The molecule has 3 rings (SSSR count). The van der Waals surface area contributed by atoms with Gasteiger partial charge in [0.1, 0.15) is 11.6 Å². The van der Waals surface area contributed by atoms with Gasteiger partial charge in [0.2, 0.25) is 5.91 Å². The number of likely N-dealkylation sites (tertiary alicyclic amines) is 1. The Balaban J connectivity index is 1.41. The largest absolute Gasteiger partial charge is 0.484 e. The molecule has 0 aliphatic carbocycles. The average Bonchev–Trinajstić information content (AvgIpc) is 2.78. The zero-order valence-corrected chi connectivity index (χ0v) is 16.3. The van der Waals surface area contributed by atoms with E-state index in [1.54, 1.807) is 17.0 Å². The van der Waals surface area contributed by atoms with E-state index in [0.717, 1.165) is 0 Å². The van der Waals surface area contributed by atoms with Gasteiger partial charge in [0.05, 0.1) is 5.92 Å². The highest BCUT2D eigenvalue weighted by Gasteiger charge is 2.28. The second-order valence-electron chi connectivity index (χ2n) is 6.86. The van der Waals surface area contributed by atoms with E-state index in [1.165, 1.54) is 24.3 Å². The number of piperidine rings is 1. The molecule has 2 aromatic carbocycles. The Hall–Kier alpha value is -3.62. The zero-order valence-electron chi connectivity index (χ0n) is 16.3. The van der Waals surface area contributed by atoms with E-state index in [2.05, 4.69) is 16.2 Å². The van der Waals surface area contributed by atoms with Gasteiger partial charge in [-0.1, -0.05) is 18.2 Å². The molecule has 8 nitrogen and oxygen atoms in total. The van der Waals surface area contributed by atoms with Crippen molar-refractivity contribution >= 4 is 23.5 Å². The third kappa shape index (κ3) is 6.20. The highest BCUT2D eigenvalue weighted by atomic mass is 19.1. The Morgan fingerprint density at radius 1 is 1.03 bits per heavy atom. The molecular formula is C21H23FN4O4. The van der Waals surface area contributed by atoms with Crippen LogP contribution in [0.5, 0.6) is 5.75 Å². The van der Waals surface area contributed by atoms with Crippen LogP contribution in [0.25, 0.3) is 0 Å². The lowest BCUT2D eigenvalue weighted by atomic mass is 9.98. The molecule has 9 heteroatoms. The predicted molar refractivity (Wildman–Crippen MR) is 108 cm³/mol. The van der Waals surface area contributed by atoms with Gasteiger partial charge in [0, 0.05) is 18.8 Å². The molecule has 1 aliphatic rings. The molecule has 0 radical (unpaired) electrons. The number of para-hydroxylation sites is 1. The average molecular weight is 414 g/mol. The summed E-state index contributed by atoms with van der Waals surface area (Å²) >= 11 is 0. The Kier molecular flexibility index (Phi) is 7.20. The standard InChI is InChI=1S/C21H23FN4O4/c22-16-8-10-18(11-9-16)30-14-19(27)24-25-20(28)15-5-4-12-26(13-15)21(29)23-17-6-2-1-3-7-17/h1-3,6-11,15H,4-5,12-14H2,(H,23,29)(H,24,27)(H,25,28)/t15-/m0/s1. The minimum atomic E-state index is -0.554. The van der Waals surface area contributed by atoms with Crippen molar-refractivity contribution in [1.82, 2.24) is 15.8 Å². The molecule has 158 valence electrons. The predicted octanol–water partition coefficient (Wildman–Crippen LogP) is 2.30. The first kappa shape index (κ1) is 21.1. The van der Waals surface area contributed by atoms with Gasteiger partial charge in [0.15, 0.2) is 6.61 Å². The van der Waals surface area contributed by atoms with Crippen molar-refractivity contribution in [2.45, 2.75) is 12.8 Å². The van der Waals surface area contributed by atoms with Gasteiger partial charge in [-0.05, 0) is 49.2 Å². The highest BCUT2D eigenvalue weighted by Crippen LogP contribution is 2.18. The van der Waals surface area contributed by atoms with E-state index in [9.17, 15) is 18.8 Å². The van der Waals surface area contributed by atoms with Crippen LogP contribution in [0.1, 0.15) is 12.8 Å². The molecule has 1 heterocycles. The quantitative estimate of drug-likeness (QED) is 0.654. The summed E-state index contributed by atoms with van der Waals surface area (Å²) in [5, 5.41) is 2.80. The number of urea groups is 1. The van der Waals surface area contributed by atoms with Crippen LogP contribution >= 0.6 is 0 Å². The first-order valence-electron chi connectivity index (χ1n) is 9.59. The second-order valence-corrected chi connectivity index (χ2v) is 6.86. The molecule has 0 unspecified atom stereocenters. The van der Waals surface area contributed by atoms with Crippen LogP contribution < -0.4 is 20.9 Å². The summed E-state index contributed by atoms with van der Waals surface area (Å²) in [4.78, 5) is 38.2. The number of nitrogens with zero attached hydrogens (tertiary/aromatic N) is 1. The minimum absolute atomic E-state index is 0.256. The van der Waals surface area contributed by atoms with Crippen LogP contribution in [0.15, 0.2) is 54.6 Å². The van der Waals surface area contributed by atoms with Gasteiger partial charge in [-0.15, -0.1) is 0 Å².